The lowest BCUT2D eigenvalue weighted by molar-refractivity contribution is -0.133. The molecule has 1 aliphatic heterocycles. The van der Waals surface area contributed by atoms with E-state index in [1.165, 1.54) is 0 Å². The van der Waals surface area contributed by atoms with Crippen LogP contribution in [0.1, 0.15) is 33.6 Å². The van der Waals surface area contributed by atoms with Gasteiger partial charge in [0.2, 0.25) is 12.7 Å². The zero-order valence-electron chi connectivity index (χ0n) is 20.9. The van der Waals surface area contributed by atoms with Gasteiger partial charge in [0.25, 0.3) is 5.91 Å². The third kappa shape index (κ3) is 5.43. The second kappa shape index (κ2) is 10.7. The van der Waals surface area contributed by atoms with Gasteiger partial charge < -0.3 is 19.3 Å². The quantitative estimate of drug-likeness (QED) is 0.270. The van der Waals surface area contributed by atoms with Gasteiger partial charge in [-0.2, -0.15) is 0 Å². The van der Waals surface area contributed by atoms with E-state index in [0.29, 0.717) is 30.2 Å². The van der Waals surface area contributed by atoms with Gasteiger partial charge in [-0.15, -0.1) is 11.3 Å². The molecule has 0 saturated heterocycles. The molecule has 6 rings (SSSR count). The van der Waals surface area contributed by atoms with Crippen molar-refractivity contribution >= 4 is 23.2 Å². The van der Waals surface area contributed by atoms with Crippen LogP contribution in [0, 0.1) is 0 Å². The van der Waals surface area contributed by atoms with Gasteiger partial charge >= 0.3 is 0 Å². The van der Waals surface area contributed by atoms with Gasteiger partial charge in [-0.05, 0) is 65.2 Å². The molecule has 0 N–H and O–H groups in total. The van der Waals surface area contributed by atoms with Crippen LogP contribution in [0.3, 0.4) is 0 Å². The summed E-state index contributed by atoms with van der Waals surface area (Å²) in [6.45, 7) is 1.18. The van der Waals surface area contributed by atoms with E-state index in [0.717, 1.165) is 34.4 Å². The first kappa shape index (κ1) is 24.2. The Bertz CT molecular complexity index is 1420. The first-order valence-electron chi connectivity index (χ1n) is 12.8. The van der Waals surface area contributed by atoms with E-state index in [-0.39, 0.29) is 31.2 Å². The Labute approximate surface area is 226 Å². The number of carbonyl (C=O) groups excluding carboxylic acids is 2. The maximum Gasteiger partial charge on any atom is 0.254 e. The topological polar surface area (TPSA) is 59.1 Å². The molecule has 1 saturated carbocycles. The Morgan fingerprint density at radius 2 is 1.58 bits per heavy atom. The Morgan fingerprint density at radius 3 is 2.32 bits per heavy atom. The Balaban J connectivity index is 1.19. The second-order valence-corrected chi connectivity index (χ2v) is 10.7. The van der Waals surface area contributed by atoms with Crippen molar-refractivity contribution < 1.29 is 19.1 Å². The zero-order valence-corrected chi connectivity index (χ0v) is 21.7. The predicted molar refractivity (Wildman–Crippen MR) is 147 cm³/mol. The van der Waals surface area contributed by atoms with Crippen molar-refractivity contribution in [3.05, 3.63) is 106 Å². The molecule has 4 aromatic rings. The van der Waals surface area contributed by atoms with Gasteiger partial charge in [-0.3, -0.25) is 9.59 Å². The van der Waals surface area contributed by atoms with Gasteiger partial charge in [0.15, 0.2) is 11.5 Å². The van der Waals surface area contributed by atoms with E-state index in [4.69, 9.17) is 9.47 Å². The third-order valence-electron chi connectivity index (χ3n) is 6.88. The zero-order chi connectivity index (χ0) is 25.9. The van der Waals surface area contributed by atoms with Crippen molar-refractivity contribution in [2.24, 2.45) is 0 Å². The monoisotopic (exact) mass is 524 g/mol. The minimum Gasteiger partial charge on any atom is -0.454 e. The number of ether oxygens (including phenoxy) is 2. The highest BCUT2D eigenvalue weighted by Gasteiger charge is 2.35. The number of hydrogen-bond acceptors (Lipinski definition) is 5. The standard InChI is InChI=1S/C31H28N2O4S/c34-30(32(19-27-7-4-16-38-27)18-22-8-15-28-29(17-22)37-21-36-28)20-33(26-13-14-26)31(35)25-11-9-24(10-12-25)23-5-2-1-3-6-23/h1-12,15-17,26H,13-14,18-21H2. The van der Waals surface area contributed by atoms with Crippen LogP contribution >= 0.6 is 11.3 Å². The van der Waals surface area contributed by atoms with Gasteiger partial charge in [0, 0.05) is 23.0 Å². The molecule has 0 bridgehead atoms. The summed E-state index contributed by atoms with van der Waals surface area (Å²) in [7, 11) is 0. The number of carbonyl (C=O) groups is 2. The van der Waals surface area contributed by atoms with Crippen LogP contribution in [0.15, 0.2) is 90.3 Å². The van der Waals surface area contributed by atoms with Crippen LogP contribution in [0.25, 0.3) is 11.1 Å². The Hall–Kier alpha value is -4.10. The molecule has 0 atom stereocenters. The van der Waals surface area contributed by atoms with Crippen molar-refractivity contribution in [3.63, 3.8) is 0 Å². The lowest BCUT2D eigenvalue weighted by atomic mass is 10.0. The van der Waals surface area contributed by atoms with Crippen molar-refractivity contribution in [3.8, 4) is 22.6 Å². The molecule has 0 radical (unpaired) electrons. The molecule has 192 valence electrons. The van der Waals surface area contributed by atoms with Crippen LogP contribution in [0.4, 0.5) is 0 Å². The number of nitrogens with zero attached hydrogens (tertiary/aromatic N) is 2. The highest BCUT2D eigenvalue weighted by molar-refractivity contribution is 7.09. The predicted octanol–water partition coefficient (Wildman–Crippen LogP) is 5.98. The summed E-state index contributed by atoms with van der Waals surface area (Å²) in [5.74, 6) is 1.24. The summed E-state index contributed by atoms with van der Waals surface area (Å²) in [6, 6.07) is 27.6. The molecule has 7 heteroatoms. The summed E-state index contributed by atoms with van der Waals surface area (Å²) in [4.78, 5) is 31.9. The van der Waals surface area contributed by atoms with Crippen LogP contribution in [-0.2, 0) is 17.9 Å². The lowest BCUT2D eigenvalue weighted by Crippen LogP contribution is -2.43. The average molecular weight is 525 g/mol. The SMILES string of the molecule is O=C(CN(C(=O)c1ccc(-c2ccccc2)cc1)C1CC1)N(Cc1ccc2c(c1)OCO2)Cc1cccs1. The fourth-order valence-electron chi connectivity index (χ4n) is 4.68. The van der Waals surface area contributed by atoms with E-state index in [1.807, 2.05) is 95.2 Å². The van der Waals surface area contributed by atoms with Crippen LogP contribution in [0.2, 0.25) is 0 Å². The van der Waals surface area contributed by atoms with Crippen molar-refractivity contribution in [1.82, 2.24) is 9.80 Å². The maximum absolute atomic E-state index is 13.7. The Morgan fingerprint density at radius 1 is 0.816 bits per heavy atom. The molecule has 6 nitrogen and oxygen atoms in total. The van der Waals surface area contributed by atoms with E-state index in [2.05, 4.69) is 0 Å². The van der Waals surface area contributed by atoms with Crippen LogP contribution in [-0.4, -0.2) is 41.0 Å². The molecular weight excluding hydrogens is 496 g/mol. The molecule has 1 aliphatic carbocycles. The average Bonchev–Trinajstić information content (AvgIpc) is 3.45. The van der Waals surface area contributed by atoms with E-state index in [1.54, 1.807) is 16.2 Å². The minimum absolute atomic E-state index is 0.0554. The largest absolute Gasteiger partial charge is 0.454 e. The third-order valence-corrected chi connectivity index (χ3v) is 7.74. The van der Waals surface area contributed by atoms with Crippen molar-refractivity contribution in [1.29, 1.82) is 0 Å². The number of thiophene rings is 1. The highest BCUT2D eigenvalue weighted by atomic mass is 32.1. The fourth-order valence-corrected chi connectivity index (χ4v) is 5.40. The van der Waals surface area contributed by atoms with E-state index in [9.17, 15) is 9.59 Å². The van der Waals surface area contributed by atoms with E-state index < -0.39 is 0 Å². The summed E-state index contributed by atoms with van der Waals surface area (Å²) >= 11 is 1.62. The van der Waals surface area contributed by atoms with Crippen molar-refractivity contribution in [2.75, 3.05) is 13.3 Å². The molecule has 3 aromatic carbocycles. The maximum atomic E-state index is 13.7. The van der Waals surface area contributed by atoms with E-state index >= 15 is 0 Å². The number of rotatable bonds is 9. The first-order valence-corrected chi connectivity index (χ1v) is 13.7. The molecule has 1 aromatic heterocycles. The van der Waals surface area contributed by atoms with Crippen LogP contribution < -0.4 is 9.47 Å². The molecule has 1 fully saturated rings. The summed E-state index contributed by atoms with van der Waals surface area (Å²) < 4.78 is 11.0. The molecule has 38 heavy (non-hydrogen) atoms. The van der Waals surface area contributed by atoms with Crippen LogP contribution in [0.5, 0.6) is 11.5 Å². The normalized spacial score (nSPS) is 13.8. The van der Waals surface area contributed by atoms with Crippen molar-refractivity contribution in [2.45, 2.75) is 32.0 Å². The fraction of sp³-hybridized carbons (Fsp3) is 0.226. The summed E-state index contributed by atoms with van der Waals surface area (Å²) in [5.41, 5.74) is 3.72. The number of hydrogen-bond donors (Lipinski definition) is 0. The molecule has 2 heterocycles. The van der Waals surface area contributed by atoms with Gasteiger partial charge in [0.1, 0.15) is 6.54 Å². The molecular formula is C31H28N2O4S. The second-order valence-electron chi connectivity index (χ2n) is 9.62. The highest BCUT2D eigenvalue weighted by Crippen LogP contribution is 2.33. The number of amides is 2. The van der Waals surface area contributed by atoms with Gasteiger partial charge in [-0.1, -0.05) is 54.6 Å². The molecule has 2 aliphatic rings. The molecule has 2 amide bonds. The smallest absolute Gasteiger partial charge is 0.254 e. The van der Waals surface area contributed by atoms with Gasteiger partial charge in [-0.25, -0.2) is 0 Å². The lowest BCUT2D eigenvalue weighted by Gasteiger charge is -2.28. The Kier molecular flexibility index (Phi) is 6.84. The first-order chi connectivity index (χ1) is 18.6. The van der Waals surface area contributed by atoms with Gasteiger partial charge in [0.05, 0.1) is 6.54 Å². The summed E-state index contributed by atoms with van der Waals surface area (Å²) in [6.07, 6.45) is 1.85. The molecule has 0 spiro atoms. The number of benzene rings is 3. The minimum atomic E-state index is -0.0976. The summed E-state index contributed by atoms with van der Waals surface area (Å²) in [5, 5.41) is 2.01. The number of fused-ring (bicyclic) bond motifs is 1. The molecule has 0 unspecified atom stereocenters.